The molecule has 0 saturated heterocycles. The lowest BCUT2D eigenvalue weighted by Gasteiger charge is -2.12. The summed E-state index contributed by atoms with van der Waals surface area (Å²) in [6.07, 6.45) is 8.66. The largest absolute Gasteiger partial charge is 0.490 e. The highest BCUT2D eigenvalue weighted by Gasteiger charge is 2.07. The first-order valence-corrected chi connectivity index (χ1v) is 8.24. The van der Waals surface area contributed by atoms with Gasteiger partial charge >= 0.3 is 0 Å². The standard InChI is InChI=1S/C19H24N2O3/c1-4-6-11-24-18-10-8-15(12-19(18)23-5-2)7-9-17(22)16-13-20-21(3)14-16/h7-10,12-14H,4-6,11H2,1-3H3/b9-7+. The molecule has 0 unspecified atom stereocenters. The van der Waals surface area contributed by atoms with Crippen LogP contribution in [-0.4, -0.2) is 28.8 Å². The summed E-state index contributed by atoms with van der Waals surface area (Å²) in [5, 5.41) is 4.00. The predicted octanol–water partition coefficient (Wildman–Crippen LogP) is 3.89. The molecule has 128 valence electrons. The van der Waals surface area contributed by atoms with Crippen molar-refractivity contribution in [3.8, 4) is 11.5 Å². The highest BCUT2D eigenvalue weighted by molar-refractivity contribution is 6.06. The molecule has 0 fully saturated rings. The van der Waals surface area contributed by atoms with Crippen LogP contribution in [0.1, 0.15) is 42.6 Å². The molecule has 2 aromatic rings. The van der Waals surface area contributed by atoms with E-state index in [4.69, 9.17) is 9.47 Å². The maximum absolute atomic E-state index is 12.1. The van der Waals surface area contributed by atoms with Crippen molar-refractivity contribution in [2.45, 2.75) is 26.7 Å². The summed E-state index contributed by atoms with van der Waals surface area (Å²) in [5.41, 5.74) is 1.46. The maximum Gasteiger partial charge on any atom is 0.189 e. The van der Waals surface area contributed by atoms with Crippen LogP contribution >= 0.6 is 0 Å². The Kier molecular flexibility index (Phi) is 6.61. The third-order valence-corrected chi connectivity index (χ3v) is 3.44. The summed E-state index contributed by atoms with van der Waals surface area (Å²) in [5.74, 6) is 1.36. The molecule has 0 atom stereocenters. The van der Waals surface area contributed by atoms with Gasteiger partial charge in [-0.25, -0.2) is 0 Å². The number of hydrogen-bond donors (Lipinski definition) is 0. The fraction of sp³-hybridized carbons (Fsp3) is 0.368. The van der Waals surface area contributed by atoms with Crippen molar-refractivity contribution in [1.29, 1.82) is 0 Å². The van der Waals surface area contributed by atoms with Gasteiger partial charge in [0.25, 0.3) is 0 Å². The first-order chi connectivity index (χ1) is 11.6. The van der Waals surface area contributed by atoms with E-state index in [0.717, 1.165) is 24.2 Å². The molecular weight excluding hydrogens is 304 g/mol. The number of benzene rings is 1. The van der Waals surface area contributed by atoms with Gasteiger partial charge in [0.2, 0.25) is 0 Å². The molecule has 24 heavy (non-hydrogen) atoms. The quantitative estimate of drug-likeness (QED) is 0.398. The van der Waals surface area contributed by atoms with Crippen molar-refractivity contribution in [2.24, 2.45) is 7.05 Å². The van der Waals surface area contributed by atoms with Crippen LogP contribution in [0.3, 0.4) is 0 Å². The van der Waals surface area contributed by atoms with Gasteiger partial charge in [-0.2, -0.15) is 5.10 Å². The van der Waals surface area contributed by atoms with Gasteiger partial charge in [0.05, 0.1) is 25.0 Å². The zero-order valence-electron chi connectivity index (χ0n) is 14.5. The Morgan fingerprint density at radius 1 is 1.25 bits per heavy atom. The van der Waals surface area contributed by atoms with Crippen LogP contribution in [-0.2, 0) is 7.05 Å². The van der Waals surface area contributed by atoms with Crippen LogP contribution in [0, 0.1) is 0 Å². The molecule has 0 aliphatic rings. The van der Waals surface area contributed by atoms with Crippen molar-refractivity contribution in [2.75, 3.05) is 13.2 Å². The van der Waals surface area contributed by atoms with Crippen molar-refractivity contribution in [1.82, 2.24) is 9.78 Å². The van der Waals surface area contributed by atoms with Gasteiger partial charge in [-0.1, -0.05) is 25.5 Å². The number of aromatic nitrogens is 2. The Hall–Kier alpha value is -2.56. The fourth-order valence-electron chi connectivity index (χ4n) is 2.16. The Balaban J connectivity index is 2.10. The smallest absolute Gasteiger partial charge is 0.189 e. The number of rotatable bonds is 9. The topological polar surface area (TPSA) is 53.3 Å². The summed E-state index contributed by atoms with van der Waals surface area (Å²) in [6.45, 7) is 5.29. The molecule has 2 rings (SSSR count). The zero-order chi connectivity index (χ0) is 17.4. The molecule has 0 amide bonds. The second kappa shape index (κ2) is 8.91. The number of carbonyl (C=O) groups excluding carboxylic acids is 1. The average Bonchev–Trinajstić information content (AvgIpc) is 3.01. The molecule has 0 aliphatic heterocycles. The lowest BCUT2D eigenvalue weighted by molar-refractivity contribution is 0.104. The molecule has 0 spiro atoms. The van der Waals surface area contributed by atoms with E-state index in [2.05, 4.69) is 12.0 Å². The number of unbranched alkanes of at least 4 members (excludes halogenated alkanes) is 1. The Bertz CT molecular complexity index is 704. The third kappa shape index (κ3) is 4.98. The van der Waals surface area contributed by atoms with Gasteiger partial charge in [0.15, 0.2) is 17.3 Å². The summed E-state index contributed by atoms with van der Waals surface area (Å²) < 4.78 is 13.0. The van der Waals surface area contributed by atoms with Crippen molar-refractivity contribution >= 4 is 11.9 Å². The molecular formula is C19H24N2O3. The Morgan fingerprint density at radius 2 is 2.08 bits per heavy atom. The molecule has 0 saturated carbocycles. The molecule has 1 heterocycles. The Morgan fingerprint density at radius 3 is 2.75 bits per heavy atom. The number of nitrogens with zero attached hydrogens (tertiary/aromatic N) is 2. The predicted molar refractivity (Wildman–Crippen MR) is 94.6 cm³/mol. The fourth-order valence-corrected chi connectivity index (χ4v) is 2.16. The SMILES string of the molecule is CCCCOc1ccc(/C=C/C(=O)c2cnn(C)c2)cc1OCC. The summed E-state index contributed by atoms with van der Waals surface area (Å²) >= 11 is 0. The van der Waals surface area contributed by atoms with Crippen molar-refractivity contribution < 1.29 is 14.3 Å². The van der Waals surface area contributed by atoms with Gasteiger partial charge in [0.1, 0.15) is 0 Å². The summed E-state index contributed by atoms with van der Waals surface area (Å²) in [6, 6.07) is 5.68. The minimum absolute atomic E-state index is 0.0793. The third-order valence-electron chi connectivity index (χ3n) is 3.44. The van der Waals surface area contributed by atoms with E-state index in [1.807, 2.05) is 25.1 Å². The zero-order valence-corrected chi connectivity index (χ0v) is 14.5. The van der Waals surface area contributed by atoms with Gasteiger partial charge in [0, 0.05) is 13.2 Å². The first kappa shape index (κ1) is 17.8. The van der Waals surface area contributed by atoms with E-state index in [1.54, 1.807) is 36.3 Å². The second-order valence-electron chi connectivity index (χ2n) is 5.44. The van der Waals surface area contributed by atoms with E-state index >= 15 is 0 Å². The average molecular weight is 328 g/mol. The lowest BCUT2D eigenvalue weighted by atomic mass is 10.1. The van der Waals surface area contributed by atoms with E-state index in [-0.39, 0.29) is 5.78 Å². The number of carbonyl (C=O) groups is 1. The molecule has 0 radical (unpaired) electrons. The highest BCUT2D eigenvalue weighted by atomic mass is 16.5. The normalized spacial score (nSPS) is 11.0. The van der Waals surface area contributed by atoms with E-state index < -0.39 is 0 Å². The van der Waals surface area contributed by atoms with Crippen LogP contribution in [0.25, 0.3) is 6.08 Å². The molecule has 1 aromatic carbocycles. The molecule has 0 N–H and O–H groups in total. The second-order valence-corrected chi connectivity index (χ2v) is 5.44. The number of ketones is 1. The van der Waals surface area contributed by atoms with E-state index in [0.29, 0.717) is 24.5 Å². The van der Waals surface area contributed by atoms with Crippen LogP contribution in [0.2, 0.25) is 0 Å². The van der Waals surface area contributed by atoms with Gasteiger partial charge in [-0.15, -0.1) is 0 Å². The molecule has 5 nitrogen and oxygen atoms in total. The number of aryl methyl sites for hydroxylation is 1. The minimum Gasteiger partial charge on any atom is -0.490 e. The maximum atomic E-state index is 12.1. The first-order valence-electron chi connectivity index (χ1n) is 8.24. The molecule has 0 aliphatic carbocycles. The van der Waals surface area contributed by atoms with Crippen LogP contribution < -0.4 is 9.47 Å². The lowest BCUT2D eigenvalue weighted by Crippen LogP contribution is -2.01. The Labute approximate surface area is 142 Å². The molecule has 5 heteroatoms. The van der Waals surface area contributed by atoms with Gasteiger partial charge in [-0.3, -0.25) is 9.48 Å². The number of ether oxygens (including phenoxy) is 2. The van der Waals surface area contributed by atoms with Crippen molar-refractivity contribution in [3.05, 3.63) is 47.8 Å². The summed E-state index contributed by atoms with van der Waals surface area (Å²) in [4.78, 5) is 12.1. The molecule has 0 bridgehead atoms. The van der Waals surface area contributed by atoms with Crippen LogP contribution in [0.4, 0.5) is 0 Å². The monoisotopic (exact) mass is 328 g/mol. The highest BCUT2D eigenvalue weighted by Crippen LogP contribution is 2.29. The summed E-state index contributed by atoms with van der Waals surface area (Å²) in [7, 11) is 1.78. The molecule has 1 aromatic heterocycles. The van der Waals surface area contributed by atoms with Crippen molar-refractivity contribution in [3.63, 3.8) is 0 Å². The number of hydrogen-bond acceptors (Lipinski definition) is 4. The van der Waals surface area contributed by atoms with Gasteiger partial charge in [-0.05, 0) is 37.1 Å². The van der Waals surface area contributed by atoms with E-state index in [1.165, 1.54) is 0 Å². The number of allylic oxidation sites excluding steroid dienone is 1. The van der Waals surface area contributed by atoms with E-state index in [9.17, 15) is 4.79 Å². The van der Waals surface area contributed by atoms with Crippen LogP contribution in [0.5, 0.6) is 11.5 Å². The van der Waals surface area contributed by atoms with Crippen LogP contribution in [0.15, 0.2) is 36.7 Å². The van der Waals surface area contributed by atoms with Gasteiger partial charge < -0.3 is 9.47 Å². The minimum atomic E-state index is -0.0793.